The summed E-state index contributed by atoms with van der Waals surface area (Å²) in [5, 5.41) is 10.0. The van der Waals surface area contributed by atoms with Crippen LogP contribution in [0.1, 0.15) is 11.6 Å². The van der Waals surface area contributed by atoms with Gasteiger partial charge >= 0.3 is 0 Å². The Kier molecular flexibility index (Phi) is 2.23. The molecule has 4 heteroatoms. The molecule has 0 spiro atoms. The number of rotatable bonds is 2. The number of aryl methyl sites for hydroxylation is 1. The van der Waals surface area contributed by atoms with Gasteiger partial charge < -0.3 is 15.4 Å². The Bertz CT molecular complexity index is 450. The maximum absolute atomic E-state index is 9.00. The molecule has 0 aliphatic rings. The number of pyridine rings is 1. The highest BCUT2D eigenvalue weighted by atomic mass is 16.3. The number of hydrogen-bond donors (Lipinski definition) is 2. The van der Waals surface area contributed by atoms with Crippen LogP contribution in [0.4, 0.5) is 0 Å². The van der Waals surface area contributed by atoms with Crippen LogP contribution in [0, 0.1) is 0 Å². The topological polar surface area (TPSA) is 64.1 Å². The third-order valence-electron chi connectivity index (χ3n) is 2.36. The minimum absolute atomic E-state index is 0.0476. The Labute approximate surface area is 82.0 Å². The second kappa shape index (κ2) is 3.40. The lowest BCUT2D eigenvalue weighted by molar-refractivity contribution is 0.268. The summed E-state index contributed by atoms with van der Waals surface area (Å²) in [4.78, 5) is 4.24. The Hall–Kier alpha value is -1.39. The smallest absolute Gasteiger partial charge is 0.139 e. The Morgan fingerprint density at radius 3 is 3.14 bits per heavy atom. The van der Waals surface area contributed by atoms with Crippen LogP contribution < -0.4 is 5.73 Å². The van der Waals surface area contributed by atoms with E-state index in [0.29, 0.717) is 0 Å². The molecule has 0 aromatic carbocycles. The van der Waals surface area contributed by atoms with E-state index in [0.717, 1.165) is 16.6 Å². The normalized spacial score (nSPS) is 13.4. The first-order valence-electron chi connectivity index (χ1n) is 4.50. The van der Waals surface area contributed by atoms with Crippen LogP contribution in [0.2, 0.25) is 0 Å². The molecule has 0 fully saturated rings. The van der Waals surface area contributed by atoms with Crippen molar-refractivity contribution in [1.29, 1.82) is 0 Å². The van der Waals surface area contributed by atoms with Crippen molar-refractivity contribution in [2.24, 2.45) is 12.8 Å². The molecule has 2 heterocycles. The van der Waals surface area contributed by atoms with Gasteiger partial charge in [0.15, 0.2) is 0 Å². The lowest BCUT2D eigenvalue weighted by Gasteiger charge is -2.05. The molecule has 2 aromatic heterocycles. The quantitative estimate of drug-likeness (QED) is 0.729. The number of nitrogens with zero attached hydrogens (tertiary/aromatic N) is 2. The molecule has 2 aromatic rings. The molecular weight excluding hydrogens is 178 g/mol. The van der Waals surface area contributed by atoms with Crippen LogP contribution in [0.25, 0.3) is 11.0 Å². The zero-order chi connectivity index (χ0) is 10.1. The van der Waals surface area contributed by atoms with Gasteiger partial charge in [-0.15, -0.1) is 0 Å². The molecule has 0 saturated carbocycles. The molecule has 2 rings (SSSR count). The van der Waals surface area contributed by atoms with Crippen molar-refractivity contribution >= 4 is 11.0 Å². The summed E-state index contributed by atoms with van der Waals surface area (Å²) < 4.78 is 1.92. The molecule has 0 bridgehead atoms. The number of aromatic nitrogens is 2. The van der Waals surface area contributed by atoms with Crippen molar-refractivity contribution < 1.29 is 5.11 Å². The van der Waals surface area contributed by atoms with Gasteiger partial charge in [-0.2, -0.15) is 0 Å². The lowest BCUT2D eigenvalue weighted by Crippen LogP contribution is -2.13. The molecule has 74 valence electrons. The van der Waals surface area contributed by atoms with Gasteiger partial charge in [-0.1, -0.05) is 0 Å². The molecule has 0 aliphatic heterocycles. The van der Waals surface area contributed by atoms with Gasteiger partial charge in [0.2, 0.25) is 0 Å². The second-order valence-corrected chi connectivity index (χ2v) is 3.36. The average Bonchev–Trinajstić information content (AvgIpc) is 2.56. The van der Waals surface area contributed by atoms with Crippen molar-refractivity contribution in [2.75, 3.05) is 6.61 Å². The van der Waals surface area contributed by atoms with Crippen LogP contribution in [-0.4, -0.2) is 21.3 Å². The largest absolute Gasteiger partial charge is 0.394 e. The first kappa shape index (κ1) is 9.18. The molecule has 0 amide bonds. The van der Waals surface area contributed by atoms with Crippen LogP contribution >= 0.6 is 0 Å². The zero-order valence-corrected chi connectivity index (χ0v) is 8.01. The van der Waals surface area contributed by atoms with Gasteiger partial charge in [0.1, 0.15) is 5.65 Å². The molecular formula is C10H13N3O. The maximum Gasteiger partial charge on any atom is 0.139 e. The number of aliphatic hydroxyl groups excluding tert-OH is 1. The van der Waals surface area contributed by atoms with E-state index in [1.165, 1.54) is 0 Å². The monoisotopic (exact) mass is 191 g/mol. The summed E-state index contributed by atoms with van der Waals surface area (Å²) in [6.45, 7) is -0.0476. The van der Waals surface area contributed by atoms with Crippen molar-refractivity contribution in [3.63, 3.8) is 0 Å². The fourth-order valence-electron chi connectivity index (χ4n) is 1.64. The van der Waals surface area contributed by atoms with Gasteiger partial charge in [-0.25, -0.2) is 4.98 Å². The van der Waals surface area contributed by atoms with E-state index in [1.54, 1.807) is 6.20 Å². The highest BCUT2D eigenvalue weighted by molar-refractivity contribution is 5.80. The second-order valence-electron chi connectivity index (χ2n) is 3.36. The summed E-state index contributed by atoms with van der Waals surface area (Å²) >= 11 is 0. The molecule has 1 atom stereocenters. The molecule has 0 saturated heterocycles. The highest BCUT2D eigenvalue weighted by Gasteiger charge is 2.12. The summed E-state index contributed by atoms with van der Waals surface area (Å²) in [7, 11) is 1.92. The van der Waals surface area contributed by atoms with E-state index < -0.39 is 0 Å². The first-order chi connectivity index (χ1) is 6.74. The SMILES string of the molecule is Cn1cc([C@H](N)CO)c2cccnc21. The van der Waals surface area contributed by atoms with E-state index in [9.17, 15) is 0 Å². The summed E-state index contributed by atoms with van der Waals surface area (Å²) in [6.07, 6.45) is 3.66. The Balaban J connectivity index is 2.66. The third kappa shape index (κ3) is 1.29. The molecule has 0 radical (unpaired) electrons. The number of aliphatic hydroxyl groups is 1. The minimum Gasteiger partial charge on any atom is -0.394 e. The van der Waals surface area contributed by atoms with E-state index in [-0.39, 0.29) is 12.6 Å². The van der Waals surface area contributed by atoms with E-state index in [2.05, 4.69) is 4.98 Å². The minimum atomic E-state index is -0.331. The predicted octanol–water partition coefficient (Wildman–Crippen LogP) is 0.565. The van der Waals surface area contributed by atoms with Crippen LogP contribution in [0.5, 0.6) is 0 Å². The summed E-state index contributed by atoms with van der Waals surface area (Å²) in [5.74, 6) is 0. The molecule has 4 nitrogen and oxygen atoms in total. The first-order valence-corrected chi connectivity index (χ1v) is 4.50. The van der Waals surface area contributed by atoms with Crippen molar-refractivity contribution in [3.8, 4) is 0 Å². The predicted molar refractivity (Wildman–Crippen MR) is 54.7 cm³/mol. The van der Waals surface area contributed by atoms with Gasteiger partial charge in [0.05, 0.1) is 12.6 Å². The highest BCUT2D eigenvalue weighted by Crippen LogP contribution is 2.22. The Morgan fingerprint density at radius 1 is 1.64 bits per heavy atom. The van der Waals surface area contributed by atoms with Crippen LogP contribution in [-0.2, 0) is 7.05 Å². The fraction of sp³-hybridized carbons (Fsp3) is 0.300. The maximum atomic E-state index is 9.00. The van der Waals surface area contributed by atoms with Crippen molar-refractivity contribution in [2.45, 2.75) is 6.04 Å². The fourth-order valence-corrected chi connectivity index (χ4v) is 1.64. The van der Waals surface area contributed by atoms with Gasteiger partial charge in [0.25, 0.3) is 0 Å². The average molecular weight is 191 g/mol. The Morgan fingerprint density at radius 2 is 2.43 bits per heavy atom. The van der Waals surface area contributed by atoms with Crippen molar-refractivity contribution in [1.82, 2.24) is 9.55 Å². The number of nitrogens with two attached hydrogens (primary N) is 1. The van der Waals surface area contributed by atoms with Gasteiger partial charge in [-0.05, 0) is 17.7 Å². The molecule has 14 heavy (non-hydrogen) atoms. The standard InChI is InChI=1S/C10H13N3O/c1-13-5-8(9(11)6-14)7-3-2-4-12-10(7)13/h2-5,9,14H,6,11H2,1H3/t9-/m1/s1. The molecule has 3 N–H and O–H groups in total. The zero-order valence-electron chi connectivity index (χ0n) is 8.01. The number of fused-ring (bicyclic) bond motifs is 1. The van der Waals surface area contributed by atoms with Crippen LogP contribution in [0.3, 0.4) is 0 Å². The third-order valence-corrected chi connectivity index (χ3v) is 2.36. The van der Waals surface area contributed by atoms with E-state index in [1.807, 2.05) is 29.9 Å². The molecule has 0 aliphatic carbocycles. The van der Waals surface area contributed by atoms with Gasteiger partial charge in [0, 0.05) is 24.8 Å². The van der Waals surface area contributed by atoms with Crippen molar-refractivity contribution in [3.05, 3.63) is 30.1 Å². The number of hydrogen-bond acceptors (Lipinski definition) is 3. The van der Waals surface area contributed by atoms with Crippen LogP contribution in [0.15, 0.2) is 24.5 Å². The van der Waals surface area contributed by atoms with E-state index in [4.69, 9.17) is 10.8 Å². The lowest BCUT2D eigenvalue weighted by atomic mass is 10.1. The van der Waals surface area contributed by atoms with E-state index >= 15 is 0 Å². The molecule has 0 unspecified atom stereocenters. The summed E-state index contributed by atoms with van der Waals surface area (Å²) in [6, 6.07) is 3.51. The summed E-state index contributed by atoms with van der Waals surface area (Å²) in [5.41, 5.74) is 7.62. The van der Waals surface area contributed by atoms with Gasteiger partial charge in [-0.3, -0.25) is 0 Å².